The van der Waals surface area contributed by atoms with Crippen molar-refractivity contribution in [2.45, 2.75) is 18.2 Å². The van der Waals surface area contributed by atoms with Crippen LogP contribution in [-0.2, 0) is 10.0 Å². The molecular formula is C19H21NO4S. The van der Waals surface area contributed by atoms with Crippen molar-refractivity contribution in [1.82, 2.24) is 4.72 Å². The Morgan fingerprint density at radius 3 is 2.28 bits per heavy atom. The van der Waals surface area contributed by atoms with Gasteiger partial charge in [0.05, 0.1) is 12.0 Å². The molecule has 0 aromatic heterocycles. The standard InChI is InChI=1S/C19H21NO4S/c1-3-14-20-25(22,23)18-11-7-16(8-12-18)19(21)13-6-15-4-9-17(24-2)10-5-15/h4-13,20H,3,14H2,1-2H3/b13-6+. The lowest BCUT2D eigenvalue weighted by Crippen LogP contribution is -2.24. The fourth-order valence-electron chi connectivity index (χ4n) is 2.10. The van der Waals surface area contributed by atoms with E-state index in [2.05, 4.69) is 4.72 Å². The second-order valence-corrected chi connectivity index (χ2v) is 7.16. The first-order chi connectivity index (χ1) is 12.0. The lowest BCUT2D eigenvalue weighted by Gasteiger charge is -2.05. The van der Waals surface area contributed by atoms with Gasteiger partial charge in [-0.15, -0.1) is 0 Å². The molecule has 0 unspecified atom stereocenters. The van der Waals surface area contributed by atoms with Crippen molar-refractivity contribution < 1.29 is 17.9 Å². The van der Waals surface area contributed by atoms with E-state index in [-0.39, 0.29) is 10.7 Å². The maximum Gasteiger partial charge on any atom is 0.240 e. The first-order valence-corrected chi connectivity index (χ1v) is 9.41. The Labute approximate surface area is 148 Å². The number of ether oxygens (including phenoxy) is 1. The largest absolute Gasteiger partial charge is 0.497 e. The molecule has 2 aromatic rings. The molecular weight excluding hydrogens is 338 g/mol. The molecule has 0 aliphatic heterocycles. The molecule has 0 radical (unpaired) electrons. The fourth-order valence-corrected chi connectivity index (χ4v) is 3.24. The van der Waals surface area contributed by atoms with E-state index in [9.17, 15) is 13.2 Å². The number of rotatable bonds is 8. The third-order valence-corrected chi connectivity index (χ3v) is 5.01. The molecule has 0 aliphatic carbocycles. The summed E-state index contributed by atoms with van der Waals surface area (Å²) in [4.78, 5) is 12.3. The number of nitrogens with one attached hydrogen (secondary N) is 1. The molecule has 2 rings (SSSR count). The Kier molecular flexibility index (Phi) is 6.50. The predicted molar refractivity (Wildman–Crippen MR) is 98.3 cm³/mol. The van der Waals surface area contributed by atoms with Crippen LogP contribution in [0.4, 0.5) is 0 Å². The van der Waals surface area contributed by atoms with Crippen LogP contribution in [0.25, 0.3) is 6.08 Å². The van der Waals surface area contributed by atoms with Crippen molar-refractivity contribution in [1.29, 1.82) is 0 Å². The van der Waals surface area contributed by atoms with Crippen molar-refractivity contribution >= 4 is 21.9 Å². The number of hydrogen-bond donors (Lipinski definition) is 1. The Balaban J connectivity index is 2.08. The van der Waals surface area contributed by atoms with Crippen LogP contribution < -0.4 is 9.46 Å². The van der Waals surface area contributed by atoms with Gasteiger partial charge in [0.15, 0.2) is 5.78 Å². The van der Waals surface area contributed by atoms with Crippen molar-refractivity contribution in [2.75, 3.05) is 13.7 Å². The molecule has 132 valence electrons. The third kappa shape index (κ3) is 5.27. The third-order valence-electron chi connectivity index (χ3n) is 3.53. The number of ketones is 1. The lowest BCUT2D eigenvalue weighted by molar-refractivity contribution is 0.104. The van der Waals surface area contributed by atoms with E-state index < -0.39 is 10.0 Å². The summed E-state index contributed by atoms with van der Waals surface area (Å²) in [5.41, 5.74) is 1.30. The summed E-state index contributed by atoms with van der Waals surface area (Å²) in [6.07, 6.45) is 3.88. The van der Waals surface area contributed by atoms with Crippen LogP contribution in [0.3, 0.4) is 0 Å². The van der Waals surface area contributed by atoms with Crippen LogP contribution in [0.2, 0.25) is 0 Å². The zero-order valence-corrected chi connectivity index (χ0v) is 15.0. The van der Waals surface area contributed by atoms with Gasteiger partial charge in [0.1, 0.15) is 5.75 Å². The molecule has 0 atom stereocenters. The Hall–Kier alpha value is -2.44. The summed E-state index contributed by atoms with van der Waals surface area (Å²) < 4.78 is 31.6. The Morgan fingerprint density at radius 1 is 1.08 bits per heavy atom. The van der Waals surface area contributed by atoms with E-state index in [1.165, 1.54) is 30.3 Å². The minimum atomic E-state index is -3.52. The summed E-state index contributed by atoms with van der Waals surface area (Å²) in [6.45, 7) is 2.27. The summed E-state index contributed by atoms with van der Waals surface area (Å²) in [5.74, 6) is 0.554. The van der Waals surface area contributed by atoms with Gasteiger partial charge in [0, 0.05) is 12.1 Å². The normalized spacial score (nSPS) is 11.6. The number of methoxy groups -OCH3 is 1. The van der Waals surface area contributed by atoms with Gasteiger partial charge in [-0.1, -0.05) is 25.1 Å². The molecule has 0 bridgehead atoms. The van der Waals surface area contributed by atoms with Crippen molar-refractivity contribution in [3.63, 3.8) is 0 Å². The van der Waals surface area contributed by atoms with Crippen molar-refractivity contribution in [2.24, 2.45) is 0 Å². The number of sulfonamides is 1. The molecule has 0 spiro atoms. The van der Waals surface area contributed by atoms with E-state index in [0.29, 0.717) is 18.5 Å². The van der Waals surface area contributed by atoms with E-state index >= 15 is 0 Å². The smallest absolute Gasteiger partial charge is 0.240 e. The average Bonchev–Trinajstić information content (AvgIpc) is 2.65. The van der Waals surface area contributed by atoms with E-state index in [4.69, 9.17) is 4.74 Å². The molecule has 1 N–H and O–H groups in total. The van der Waals surface area contributed by atoms with Crippen molar-refractivity contribution in [3.05, 3.63) is 65.7 Å². The highest BCUT2D eigenvalue weighted by molar-refractivity contribution is 7.89. The van der Waals surface area contributed by atoms with E-state index in [0.717, 1.165) is 11.3 Å². The molecule has 0 saturated heterocycles. The van der Waals surface area contributed by atoms with Gasteiger partial charge >= 0.3 is 0 Å². The molecule has 25 heavy (non-hydrogen) atoms. The quantitative estimate of drug-likeness (QED) is 0.580. The summed E-state index contributed by atoms with van der Waals surface area (Å²) in [7, 11) is -1.92. The van der Waals surface area contributed by atoms with Crippen LogP contribution in [0.5, 0.6) is 5.75 Å². The highest BCUT2D eigenvalue weighted by atomic mass is 32.2. The lowest BCUT2D eigenvalue weighted by atomic mass is 10.1. The summed E-state index contributed by atoms with van der Waals surface area (Å²) >= 11 is 0. The van der Waals surface area contributed by atoms with Crippen molar-refractivity contribution in [3.8, 4) is 5.75 Å². The molecule has 0 heterocycles. The maximum absolute atomic E-state index is 12.2. The number of carbonyl (C=O) groups is 1. The average molecular weight is 359 g/mol. The van der Waals surface area contributed by atoms with Gasteiger partial charge in [0.25, 0.3) is 0 Å². The molecule has 0 amide bonds. The predicted octanol–water partition coefficient (Wildman–Crippen LogP) is 3.28. The van der Waals surface area contributed by atoms with Gasteiger partial charge < -0.3 is 4.74 Å². The molecule has 5 nitrogen and oxygen atoms in total. The zero-order valence-electron chi connectivity index (χ0n) is 14.2. The summed E-state index contributed by atoms with van der Waals surface area (Å²) in [5, 5.41) is 0. The Bertz CT molecular complexity index is 838. The maximum atomic E-state index is 12.2. The van der Waals surface area contributed by atoms with Crippen LogP contribution in [0.1, 0.15) is 29.3 Å². The molecule has 0 aliphatic rings. The molecule has 6 heteroatoms. The van der Waals surface area contributed by atoms with E-state index in [1.54, 1.807) is 13.2 Å². The van der Waals surface area contributed by atoms with Gasteiger partial charge in [-0.25, -0.2) is 13.1 Å². The zero-order chi connectivity index (χ0) is 18.3. The molecule has 0 saturated carbocycles. The monoisotopic (exact) mass is 359 g/mol. The van der Waals surface area contributed by atoms with Gasteiger partial charge in [0.2, 0.25) is 10.0 Å². The highest BCUT2D eigenvalue weighted by Crippen LogP contribution is 2.14. The topological polar surface area (TPSA) is 72.5 Å². The summed E-state index contributed by atoms with van der Waals surface area (Å²) in [6, 6.07) is 13.2. The van der Waals surface area contributed by atoms with Gasteiger partial charge in [-0.05, 0) is 54.5 Å². The number of benzene rings is 2. The fraction of sp³-hybridized carbons (Fsp3) is 0.211. The SMILES string of the molecule is CCCNS(=O)(=O)c1ccc(C(=O)/C=C/c2ccc(OC)cc2)cc1. The van der Waals surface area contributed by atoms with Gasteiger partial charge in [-0.3, -0.25) is 4.79 Å². The minimum Gasteiger partial charge on any atom is -0.497 e. The minimum absolute atomic E-state index is 0.150. The van der Waals surface area contributed by atoms with Crippen LogP contribution in [0, 0.1) is 0 Å². The number of carbonyl (C=O) groups excluding carboxylic acids is 1. The Morgan fingerprint density at radius 2 is 1.72 bits per heavy atom. The second kappa shape index (κ2) is 8.60. The van der Waals surface area contributed by atoms with Crippen LogP contribution in [0.15, 0.2) is 59.5 Å². The highest BCUT2D eigenvalue weighted by Gasteiger charge is 2.13. The molecule has 2 aromatic carbocycles. The first-order valence-electron chi connectivity index (χ1n) is 7.92. The van der Waals surface area contributed by atoms with E-state index in [1.807, 2.05) is 31.2 Å². The first kappa shape index (κ1) is 18.9. The molecule has 0 fully saturated rings. The number of hydrogen-bond acceptors (Lipinski definition) is 4. The van der Waals surface area contributed by atoms with Crippen LogP contribution in [-0.4, -0.2) is 27.9 Å². The van der Waals surface area contributed by atoms with Crippen LogP contribution >= 0.6 is 0 Å². The second-order valence-electron chi connectivity index (χ2n) is 5.39. The number of allylic oxidation sites excluding steroid dienone is 1. The van der Waals surface area contributed by atoms with Gasteiger partial charge in [-0.2, -0.15) is 0 Å².